The lowest BCUT2D eigenvalue weighted by Gasteiger charge is -2.07. The van der Waals surface area contributed by atoms with E-state index in [-0.39, 0.29) is 24.7 Å². The van der Waals surface area contributed by atoms with Crippen molar-refractivity contribution in [3.8, 4) is 0 Å². The SMILES string of the molecule is CCCCCCCCCCCC(=O)Nc1sc(C(=O)OCC)c(C)c1C(=O)OCC. The van der Waals surface area contributed by atoms with Gasteiger partial charge in [0.15, 0.2) is 0 Å². The number of carbonyl (C=O) groups is 3. The minimum atomic E-state index is -0.542. The van der Waals surface area contributed by atoms with Crippen LogP contribution in [0.5, 0.6) is 0 Å². The molecule has 1 aromatic heterocycles. The van der Waals surface area contributed by atoms with Crippen LogP contribution in [0.15, 0.2) is 0 Å². The zero-order valence-electron chi connectivity index (χ0n) is 18.9. The summed E-state index contributed by atoms with van der Waals surface area (Å²) in [5.74, 6) is -1.19. The van der Waals surface area contributed by atoms with Crippen LogP contribution in [0.3, 0.4) is 0 Å². The number of hydrogen-bond acceptors (Lipinski definition) is 6. The highest BCUT2D eigenvalue weighted by atomic mass is 32.1. The molecule has 0 radical (unpaired) electrons. The number of thiophene rings is 1. The van der Waals surface area contributed by atoms with Crippen LogP contribution in [0.2, 0.25) is 0 Å². The van der Waals surface area contributed by atoms with Crippen LogP contribution < -0.4 is 5.32 Å². The Kier molecular flexibility index (Phi) is 13.1. The van der Waals surface area contributed by atoms with Crippen molar-refractivity contribution in [1.29, 1.82) is 0 Å². The number of rotatable bonds is 15. The Hall–Kier alpha value is -1.89. The number of hydrogen-bond donors (Lipinski definition) is 1. The predicted molar refractivity (Wildman–Crippen MR) is 121 cm³/mol. The number of nitrogens with one attached hydrogen (secondary N) is 1. The van der Waals surface area contributed by atoms with Gasteiger partial charge in [0.2, 0.25) is 5.91 Å². The van der Waals surface area contributed by atoms with Gasteiger partial charge in [0.05, 0.1) is 18.8 Å². The van der Waals surface area contributed by atoms with Crippen molar-refractivity contribution in [3.05, 3.63) is 16.0 Å². The Morgan fingerprint density at radius 3 is 1.90 bits per heavy atom. The molecule has 0 fully saturated rings. The molecule has 1 N–H and O–H groups in total. The second-order valence-electron chi connectivity index (χ2n) is 7.33. The lowest BCUT2D eigenvalue weighted by atomic mass is 10.1. The number of amides is 1. The van der Waals surface area contributed by atoms with Crippen LogP contribution in [0.25, 0.3) is 0 Å². The smallest absolute Gasteiger partial charge is 0.348 e. The maximum atomic E-state index is 12.4. The minimum Gasteiger partial charge on any atom is -0.462 e. The summed E-state index contributed by atoms with van der Waals surface area (Å²) < 4.78 is 10.2. The highest BCUT2D eigenvalue weighted by Gasteiger charge is 2.27. The van der Waals surface area contributed by atoms with Crippen molar-refractivity contribution in [2.45, 2.75) is 91.9 Å². The molecular formula is C23H37NO5S. The van der Waals surface area contributed by atoms with E-state index in [9.17, 15) is 14.4 Å². The molecule has 170 valence electrons. The zero-order chi connectivity index (χ0) is 22.4. The largest absolute Gasteiger partial charge is 0.462 e. The van der Waals surface area contributed by atoms with Gasteiger partial charge in [-0.3, -0.25) is 4.79 Å². The van der Waals surface area contributed by atoms with E-state index in [0.29, 0.717) is 21.9 Å². The van der Waals surface area contributed by atoms with Gasteiger partial charge in [0, 0.05) is 6.42 Å². The lowest BCUT2D eigenvalue weighted by molar-refractivity contribution is -0.116. The van der Waals surface area contributed by atoms with Gasteiger partial charge in [0.1, 0.15) is 9.88 Å². The van der Waals surface area contributed by atoms with Crippen molar-refractivity contribution >= 4 is 34.2 Å². The highest BCUT2D eigenvalue weighted by molar-refractivity contribution is 7.18. The van der Waals surface area contributed by atoms with Gasteiger partial charge in [-0.25, -0.2) is 9.59 Å². The summed E-state index contributed by atoms with van der Waals surface area (Å²) in [5.41, 5.74) is 0.723. The third-order valence-corrected chi connectivity index (χ3v) is 6.03. The summed E-state index contributed by atoms with van der Waals surface area (Å²) in [6, 6.07) is 0. The molecule has 1 aromatic rings. The van der Waals surface area contributed by atoms with Crippen LogP contribution in [-0.2, 0) is 14.3 Å². The Bertz CT molecular complexity index is 683. The summed E-state index contributed by atoms with van der Waals surface area (Å²) in [5, 5.41) is 3.16. The maximum Gasteiger partial charge on any atom is 0.348 e. The van der Waals surface area contributed by atoms with Crippen LogP contribution in [0.1, 0.15) is 111 Å². The van der Waals surface area contributed by atoms with Crippen molar-refractivity contribution in [2.24, 2.45) is 0 Å². The normalized spacial score (nSPS) is 10.7. The maximum absolute atomic E-state index is 12.4. The summed E-state index contributed by atoms with van der Waals surface area (Å²) in [6.45, 7) is 7.79. The topological polar surface area (TPSA) is 81.7 Å². The van der Waals surface area contributed by atoms with E-state index in [1.807, 2.05) is 0 Å². The number of esters is 2. The molecule has 7 heteroatoms. The number of anilines is 1. The fraction of sp³-hybridized carbons (Fsp3) is 0.696. The molecule has 0 saturated heterocycles. The number of ether oxygens (including phenoxy) is 2. The zero-order valence-corrected chi connectivity index (χ0v) is 19.8. The van der Waals surface area contributed by atoms with Gasteiger partial charge < -0.3 is 14.8 Å². The van der Waals surface area contributed by atoms with Crippen molar-refractivity contribution < 1.29 is 23.9 Å². The van der Waals surface area contributed by atoms with Crippen LogP contribution >= 0.6 is 11.3 Å². The standard InChI is InChI=1S/C23H37NO5S/c1-5-8-9-10-11-12-13-14-15-16-18(25)24-21-19(22(26)28-6-2)17(4)20(30-21)23(27)29-7-3/h5-16H2,1-4H3,(H,24,25). The summed E-state index contributed by atoms with van der Waals surface area (Å²) in [6.07, 6.45) is 11.0. The molecular weight excluding hydrogens is 402 g/mol. The van der Waals surface area contributed by atoms with E-state index >= 15 is 0 Å². The Morgan fingerprint density at radius 1 is 0.800 bits per heavy atom. The molecule has 0 saturated carbocycles. The molecule has 6 nitrogen and oxygen atoms in total. The summed E-state index contributed by atoms with van der Waals surface area (Å²) in [7, 11) is 0. The summed E-state index contributed by atoms with van der Waals surface area (Å²) >= 11 is 1.07. The third-order valence-electron chi connectivity index (χ3n) is 4.85. The fourth-order valence-electron chi connectivity index (χ4n) is 3.23. The van der Waals surface area contributed by atoms with Crippen molar-refractivity contribution in [3.63, 3.8) is 0 Å². The Balaban J connectivity index is 2.59. The average Bonchev–Trinajstić information content (AvgIpc) is 3.03. The first-order valence-electron chi connectivity index (χ1n) is 11.2. The molecule has 0 aliphatic heterocycles. The lowest BCUT2D eigenvalue weighted by Crippen LogP contribution is -2.14. The molecule has 30 heavy (non-hydrogen) atoms. The molecule has 0 unspecified atom stereocenters. The van der Waals surface area contributed by atoms with E-state index in [4.69, 9.17) is 9.47 Å². The number of unbranched alkanes of at least 4 members (excludes halogenated alkanes) is 8. The molecule has 1 heterocycles. The molecule has 0 aliphatic carbocycles. The second kappa shape index (κ2) is 15.0. The highest BCUT2D eigenvalue weighted by Crippen LogP contribution is 2.34. The van der Waals surface area contributed by atoms with Gasteiger partial charge in [-0.05, 0) is 32.8 Å². The van der Waals surface area contributed by atoms with E-state index in [1.165, 1.54) is 38.5 Å². The van der Waals surface area contributed by atoms with Crippen LogP contribution in [-0.4, -0.2) is 31.1 Å². The first-order valence-corrected chi connectivity index (χ1v) is 12.0. The summed E-state index contributed by atoms with van der Waals surface area (Å²) in [4.78, 5) is 37.3. The Labute approximate surface area is 184 Å². The molecule has 0 atom stereocenters. The van der Waals surface area contributed by atoms with E-state index < -0.39 is 11.9 Å². The van der Waals surface area contributed by atoms with Gasteiger partial charge in [-0.15, -0.1) is 11.3 Å². The predicted octanol–water partition coefficient (Wildman–Crippen LogP) is 6.27. The minimum absolute atomic E-state index is 0.153. The third kappa shape index (κ3) is 8.86. The molecule has 0 aliphatic rings. The van der Waals surface area contributed by atoms with Crippen molar-refractivity contribution in [2.75, 3.05) is 18.5 Å². The van der Waals surface area contributed by atoms with E-state index in [1.54, 1.807) is 20.8 Å². The monoisotopic (exact) mass is 439 g/mol. The molecule has 0 bridgehead atoms. The van der Waals surface area contributed by atoms with Crippen molar-refractivity contribution in [1.82, 2.24) is 0 Å². The molecule has 1 rings (SSSR count). The number of carbonyl (C=O) groups excluding carboxylic acids is 3. The van der Waals surface area contributed by atoms with E-state index in [0.717, 1.165) is 30.6 Å². The van der Waals surface area contributed by atoms with Gasteiger partial charge in [-0.2, -0.15) is 0 Å². The van der Waals surface area contributed by atoms with E-state index in [2.05, 4.69) is 12.2 Å². The van der Waals surface area contributed by atoms with Crippen LogP contribution in [0, 0.1) is 6.92 Å². The average molecular weight is 440 g/mol. The van der Waals surface area contributed by atoms with Gasteiger partial charge >= 0.3 is 11.9 Å². The molecule has 0 aromatic carbocycles. The first-order chi connectivity index (χ1) is 14.5. The quantitative estimate of drug-likeness (QED) is 0.257. The Morgan fingerprint density at radius 2 is 1.33 bits per heavy atom. The molecule has 1 amide bonds. The van der Waals surface area contributed by atoms with Gasteiger partial charge in [0.25, 0.3) is 0 Å². The fourth-order valence-corrected chi connectivity index (χ4v) is 4.33. The van der Waals surface area contributed by atoms with Crippen LogP contribution in [0.4, 0.5) is 5.00 Å². The van der Waals surface area contributed by atoms with Gasteiger partial charge in [-0.1, -0.05) is 58.3 Å². The second-order valence-corrected chi connectivity index (χ2v) is 8.35. The first kappa shape index (κ1) is 26.1. The molecule has 0 spiro atoms.